The average molecular weight is 209 g/mol. The van der Waals surface area contributed by atoms with E-state index in [1.165, 1.54) is 4.90 Å². The molecular weight excluding hydrogens is 194 g/mol. The predicted octanol–water partition coefficient (Wildman–Crippen LogP) is -0.0207. The van der Waals surface area contributed by atoms with Crippen LogP contribution < -0.4 is 0 Å². The van der Waals surface area contributed by atoms with Gasteiger partial charge in [0, 0.05) is 20.1 Å². The van der Waals surface area contributed by atoms with Gasteiger partial charge in [0.25, 0.3) is 0 Å². The number of nitrogens with zero attached hydrogens (tertiary/aromatic N) is 3. The summed E-state index contributed by atoms with van der Waals surface area (Å²) in [6.45, 7) is 4.44. The van der Waals surface area contributed by atoms with E-state index in [1.807, 2.05) is 6.07 Å². The number of likely N-dealkylation sites (N-methyl/N-ethyl adjacent to an activating group) is 1. The molecule has 1 saturated heterocycles. The SMILES string of the molecule is CN1CCN(C(=O)CC#N)C(C)(C)C1=O. The second kappa shape index (κ2) is 3.89. The van der Waals surface area contributed by atoms with Crippen LogP contribution in [0.3, 0.4) is 0 Å². The lowest BCUT2D eigenvalue weighted by Crippen LogP contribution is -2.63. The van der Waals surface area contributed by atoms with Gasteiger partial charge in [-0.15, -0.1) is 0 Å². The van der Waals surface area contributed by atoms with E-state index in [0.717, 1.165) is 0 Å². The van der Waals surface area contributed by atoms with Gasteiger partial charge in [0.05, 0.1) is 6.07 Å². The van der Waals surface area contributed by atoms with Crippen LogP contribution in [0.15, 0.2) is 0 Å². The number of hydrogen-bond acceptors (Lipinski definition) is 3. The molecule has 1 aliphatic rings. The minimum atomic E-state index is -0.832. The Morgan fingerprint density at radius 3 is 2.67 bits per heavy atom. The van der Waals surface area contributed by atoms with Crippen LogP contribution in [0.1, 0.15) is 20.3 Å². The van der Waals surface area contributed by atoms with Crippen molar-refractivity contribution in [1.29, 1.82) is 5.26 Å². The van der Waals surface area contributed by atoms with Crippen molar-refractivity contribution < 1.29 is 9.59 Å². The van der Waals surface area contributed by atoms with Gasteiger partial charge >= 0.3 is 0 Å². The molecule has 0 aromatic carbocycles. The van der Waals surface area contributed by atoms with Gasteiger partial charge in [0.1, 0.15) is 12.0 Å². The zero-order valence-corrected chi connectivity index (χ0v) is 9.28. The molecule has 0 aromatic heterocycles. The summed E-state index contributed by atoms with van der Waals surface area (Å²) in [6, 6.07) is 1.81. The van der Waals surface area contributed by atoms with Gasteiger partial charge in [-0.05, 0) is 13.8 Å². The monoisotopic (exact) mass is 209 g/mol. The van der Waals surface area contributed by atoms with Gasteiger partial charge in [-0.2, -0.15) is 5.26 Å². The molecule has 2 amide bonds. The molecule has 0 spiro atoms. The summed E-state index contributed by atoms with van der Waals surface area (Å²) >= 11 is 0. The van der Waals surface area contributed by atoms with Crippen LogP contribution in [-0.2, 0) is 9.59 Å². The topological polar surface area (TPSA) is 64.4 Å². The van der Waals surface area contributed by atoms with Gasteiger partial charge < -0.3 is 9.80 Å². The molecule has 0 saturated carbocycles. The molecule has 1 aliphatic heterocycles. The highest BCUT2D eigenvalue weighted by atomic mass is 16.2. The number of piperazine rings is 1. The van der Waals surface area contributed by atoms with Crippen LogP contribution in [0.5, 0.6) is 0 Å². The van der Waals surface area contributed by atoms with Crippen molar-refractivity contribution in [3.63, 3.8) is 0 Å². The van der Waals surface area contributed by atoms with Crippen molar-refractivity contribution >= 4 is 11.8 Å². The minimum absolute atomic E-state index is 0.0833. The minimum Gasteiger partial charge on any atom is -0.342 e. The van der Waals surface area contributed by atoms with Crippen LogP contribution >= 0.6 is 0 Å². The van der Waals surface area contributed by atoms with Crippen molar-refractivity contribution in [2.45, 2.75) is 25.8 Å². The third kappa shape index (κ3) is 1.94. The number of carbonyl (C=O) groups excluding carboxylic acids is 2. The van der Waals surface area contributed by atoms with E-state index in [1.54, 1.807) is 25.8 Å². The van der Waals surface area contributed by atoms with E-state index in [9.17, 15) is 9.59 Å². The normalized spacial score (nSPS) is 20.0. The lowest BCUT2D eigenvalue weighted by atomic mass is 9.97. The maximum absolute atomic E-state index is 11.8. The van der Waals surface area contributed by atoms with Gasteiger partial charge in [-0.25, -0.2) is 0 Å². The van der Waals surface area contributed by atoms with E-state index in [0.29, 0.717) is 13.1 Å². The summed E-state index contributed by atoms with van der Waals surface area (Å²) in [5.41, 5.74) is -0.832. The average Bonchev–Trinajstić information content (AvgIpc) is 2.14. The first-order valence-corrected chi connectivity index (χ1v) is 4.84. The van der Waals surface area contributed by atoms with Crippen LogP contribution in [0.4, 0.5) is 0 Å². The smallest absolute Gasteiger partial charge is 0.247 e. The molecule has 0 unspecified atom stereocenters. The Morgan fingerprint density at radius 1 is 1.53 bits per heavy atom. The Morgan fingerprint density at radius 2 is 2.13 bits per heavy atom. The lowest BCUT2D eigenvalue weighted by molar-refractivity contribution is -0.156. The molecule has 82 valence electrons. The second-order valence-electron chi connectivity index (χ2n) is 4.17. The molecule has 0 atom stereocenters. The quantitative estimate of drug-likeness (QED) is 0.609. The summed E-state index contributed by atoms with van der Waals surface area (Å²) in [5.74, 6) is -0.357. The molecule has 0 bridgehead atoms. The third-order valence-corrected chi connectivity index (χ3v) is 2.74. The molecule has 1 rings (SSSR count). The van der Waals surface area contributed by atoms with Crippen LogP contribution in [-0.4, -0.2) is 47.3 Å². The summed E-state index contributed by atoms with van der Waals surface area (Å²) in [5, 5.41) is 8.46. The van der Waals surface area contributed by atoms with Crippen molar-refractivity contribution in [1.82, 2.24) is 9.80 Å². The van der Waals surface area contributed by atoms with Gasteiger partial charge in [0.2, 0.25) is 11.8 Å². The first-order valence-electron chi connectivity index (χ1n) is 4.84. The van der Waals surface area contributed by atoms with Crippen molar-refractivity contribution in [3.8, 4) is 6.07 Å². The van der Waals surface area contributed by atoms with E-state index < -0.39 is 5.54 Å². The third-order valence-electron chi connectivity index (χ3n) is 2.74. The number of hydrogen-bond donors (Lipinski definition) is 0. The molecule has 0 N–H and O–H groups in total. The van der Waals surface area contributed by atoms with Crippen molar-refractivity contribution in [2.75, 3.05) is 20.1 Å². The summed E-state index contributed by atoms with van der Waals surface area (Å²) in [7, 11) is 1.72. The van der Waals surface area contributed by atoms with Crippen LogP contribution in [0, 0.1) is 11.3 Å². The summed E-state index contributed by atoms with van der Waals surface area (Å²) in [6.07, 6.45) is -0.166. The van der Waals surface area contributed by atoms with Crippen LogP contribution in [0.2, 0.25) is 0 Å². The number of rotatable bonds is 1. The first kappa shape index (κ1) is 11.5. The summed E-state index contributed by atoms with van der Waals surface area (Å²) in [4.78, 5) is 26.5. The molecular formula is C10H15N3O2. The van der Waals surface area contributed by atoms with Gasteiger partial charge in [-0.1, -0.05) is 0 Å². The fourth-order valence-corrected chi connectivity index (χ4v) is 1.81. The fourth-order valence-electron chi connectivity index (χ4n) is 1.81. The molecule has 5 nitrogen and oxygen atoms in total. The molecule has 0 radical (unpaired) electrons. The molecule has 0 aromatic rings. The fraction of sp³-hybridized carbons (Fsp3) is 0.700. The van der Waals surface area contributed by atoms with Crippen LogP contribution in [0.25, 0.3) is 0 Å². The zero-order valence-electron chi connectivity index (χ0n) is 9.28. The van der Waals surface area contributed by atoms with E-state index in [4.69, 9.17) is 5.26 Å². The molecule has 1 fully saturated rings. The number of amides is 2. The standard InChI is InChI=1S/C10H15N3O2/c1-10(2)9(15)12(3)6-7-13(10)8(14)4-5-11/h4,6-7H2,1-3H3. The molecule has 5 heteroatoms. The summed E-state index contributed by atoms with van der Waals surface area (Å²) < 4.78 is 0. The maximum atomic E-state index is 11.8. The Kier molecular flexibility index (Phi) is 2.98. The van der Waals surface area contributed by atoms with Gasteiger partial charge in [-0.3, -0.25) is 9.59 Å². The molecule has 1 heterocycles. The van der Waals surface area contributed by atoms with E-state index in [-0.39, 0.29) is 18.2 Å². The molecule has 0 aliphatic carbocycles. The highest BCUT2D eigenvalue weighted by molar-refractivity contribution is 5.92. The Hall–Kier alpha value is -1.57. The van der Waals surface area contributed by atoms with Gasteiger partial charge in [0.15, 0.2) is 0 Å². The van der Waals surface area contributed by atoms with E-state index >= 15 is 0 Å². The Labute approximate surface area is 89.3 Å². The number of carbonyl (C=O) groups is 2. The largest absolute Gasteiger partial charge is 0.342 e. The lowest BCUT2D eigenvalue weighted by Gasteiger charge is -2.44. The maximum Gasteiger partial charge on any atom is 0.247 e. The second-order valence-corrected chi connectivity index (χ2v) is 4.17. The highest BCUT2D eigenvalue weighted by Gasteiger charge is 2.42. The zero-order chi connectivity index (χ0) is 11.6. The molecule has 15 heavy (non-hydrogen) atoms. The number of nitriles is 1. The predicted molar refractivity (Wildman–Crippen MR) is 53.7 cm³/mol. The first-order chi connectivity index (χ1) is 6.91. The highest BCUT2D eigenvalue weighted by Crippen LogP contribution is 2.22. The van der Waals surface area contributed by atoms with Crippen molar-refractivity contribution in [3.05, 3.63) is 0 Å². The Balaban J connectivity index is 2.88. The Bertz CT molecular complexity index is 330. The van der Waals surface area contributed by atoms with E-state index in [2.05, 4.69) is 0 Å². The van der Waals surface area contributed by atoms with Crippen molar-refractivity contribution in [2.24, 2.45) is 0 Å².